The van der Waals surface area contributed by atoms with Gasteiger partial charge in [-0.2, -0.15) is 0 Å². The van der Waals surface area contributed by atoms with Gasteiger partial charge in [0.05, 0.1) is 10.5 Å². The largest absolute Gasteiger partial charge is 0.452 e. The highest BCUT2D eigenvalue weighted by molar-refractivity contribution is 5.98. The van der Waals surface area contributed by atoms with Crippen molar-refractivity contribution < 1.29 is 19.2 Å². The number of carbonyl (C=O) groups excluding carboxylic acids is 2. The Kier molecular flexibility index (Phi) is 6.62. The number of amides is 1. The molecule has 0 spiro atoms. The Bertz CT molecular complexity index is 1060. The summed E-state index contributed by atoms with van der Waals surface area (Å²) in [6.45, 7) is 5.90. The van der Waals surface area contributed by atoms with E-state index in [4.69, 9.17) is 4.74 Å². The highest BCUT2D eigenvalue weighted by atomic mass is 16.6. The van der Waals surface area contributed by atoms with Gasteiger partial charge in [-0.15, -0.1) is 0 Å². The summed E-state index contributed by atoms with van der Waals surface area (Å²) in [5.41, 5.74) is 2.39. The molecule has 1 fully saturated rings. The van der Waals surface area contributed by atoms with Crippen LogP contribution in [0.25, 0.3) is 0 Å². The average molecular weight is 452 g/mol. The second-order valence-corrected chi connectivity index (χ2v) is 9.17. The van der Waals surface area contributed by atoms with Crippen LogP contribution in [-0.2, 0) is 16.0 Å². The van der Waals surface area contributed by atoms with Crippen molar-refractivity contribution in [2.75, 3.05) is 36.0 Å². The molecule has 2 aromatic rings. The first-order valence-electron chi connectivity index (χ1n) is 11.4. The van der Waals surface area contributed by atoms with Crippen LogP contribution in [0.1, 0.15) is 42.6 Å². The van der Waals surface area contributed by atoms with Gasteiger partial charge in [0.1, 0.15) is 5.69 Å². The maximum atomic E-state index is 12.7. The molecule has 2 heterocycles. The monoisotopic (exact) mass is 451 g/mol. The summed E-state index contributed by atoms with van der Waals surface area (Å²) < 4.78 is 5.25. The third-order valence-corrected chi connectivity index (χ3v) is 6.36. The standard InChI is InChI=1S/C25H29N3O5/c1-17-12-18(2)15-26(14-17)22-10-9-20(13-23(22)28(31)32)25(30)33-16-24(29)27-11-5-7-19-6-3-4-8-21(19)27/h3-4,6,8-10,13,17-18H,5,7,11-12,14-16H2,1-2H3. The fraction of sp³-hybridized carbons (Fsp3) is 0.440. The van der Waals surface area contributed by atoms with E-state index in [2.05, 4.69) is 13.8 Å². The number of hydrogen-bond acceptors (Lipinski definition) is 6. The van der Waals surface area contributed by atoms with Gasteiger partial charge in [0.25, 0.3) is 11.6 Å². The zero-order valence-electron chi connectivity index (χ0n) is 19.0. The summed E-state index contributed by atoms with van der Waals surface area (Å²) >= 11 is 0. The molecule has 0 aromatic heterocycles. The summed E-state index contributed by atoms with van der Waals surface area (Å²) in [6, 6.07) is 12.1. The van der Waals surface area contributed by atoms with Crippen molar-refractivity contribution in [1.29, 1.82) is 0 Å². The lowest BCUT2D eigenvalue weighted by atomic mass is 9.91. The number of rotatable bonds is 5. The minimum Gasteiger partial charge on any atom is -0.452 e. The Balaban J connectivity index is 1.46. The Hall–Kier alpha value is -3.42. The number of benzene rings is 2. The quantitative estimate of drug-likeness (QED) is 0.384. The first-order chi connectivity index (χ1) is 15.8. The molecule has 4 rings (SSSR count). The minimum atomic E-state index is -0.747. The highest BCUT2D eigenvalue weighted by Crippen LogP contribution is 2.34. The van der Waals surface area contributed by atoms with E-state index in [-0.39, 0.29) is 17.2 Å². The Labute approximate surface area is 193 Å². The van der Waals surface area contributed by atoms with Crippen LogP contribution in [0.4, 0.5) is 17.1 Å². The highest BCUT2D eigenvalue weighted by Gasteiger charge is 2.29. The number of aryl methyl sites for hydroxylation is 1. The summed E-state index contributed by atoms with van der Waals surface area (Å²) in [4.78, 5) is 40.3. The van der Waals surface area contributed by atoms with Gasteiger partial charge in [-0.3, -0.25) is 14.9 Å². The number of ether oxygens (including phenoxy) is 1. The van der Waals surface area contributed by atoms with E-state index < -0.39 is 17.5 Å². The van der Waals surface area contributed by atoms with E-state index in [1.807, 2.05) is 29.2 Å². The van der Waals surface area contributed by atoms with E-state index in [0.29, 0.717) is 24.1 Å². The van der Waals surface area contributed by atoms with E-state index in [9.17, 15) is 19.7 Å². The van der Waals surface area contributed by atoms with Gasteiger partial charge in [-0.25, -0.2) is 4.79 Å². The summed E-state index contributed by atoms with van der Waals surface area (Å²) in [6.07, 6.45) is 2.84. The lowest BCUT2D eigenvalue weighted by Crippen LogP contribution is -2.39. The van der Waals surface area contributed by atoms with Gasteiger partial charge in [0.15, 0.2) is 6.61 Å². The number of para-hydroxylation sites is 1. The zero-order chi connectivity index (χ0) is 23.5. The van der Waals surface area contributed by atoms with Crippen LogP contribution in [-0.4, -0.2) is 43.0 Å². The summed E-state index contributed by atoms with van der Waals surface area (Å²) in [7, 11) is 0. The second-order valence-electron chi connectivity index (χ2n) is 9.17. The minimum absolute atomic E-state index is 0.0652. The molecule has 8 heteroatoms. The van der Waals surface area contributed by atoms with Crippen molar-refractivity contribution in [3.8, 4) is 0 Å². The molecule has 174 valence electrons. The van der Waals surface area contributed by atoms with Crippen molar-refractivity contribution >= 4 is 28.9 Å². The number of nitro groups is 1. The molecular weight excluding hydrogens is 422 g/mol. The number of esters is 1. The number of hydrogen-bond donors (Lipinski definition) is 0. The van der Waals surface area contributed by atoms with Crippen LogP contribution in [0, 0.1) is 22.0 Å². The first kappa shape index (κ1) is 22.8. The molecule has 0 bridgehead atoms. The maximum Gasteiger partial charge on any atom is 0.338 e. The fourth-order valence-electron chi connectivity index (χ4n) is 5.00. The molecule has 1 saturated heterocycles. The molecule has 0 aliphatic carbocycles. The fourth-order valence-corrected chi connectivity index (χ4v) is 5.00. The molecule has 0 saturated carbocycles. The van der Waals surface area contributed by atoms with Crippen LogP contribution in [0.2, 0.25) is 0 Å². The average Bonchev–Trinajstić information content (AvgIpc) is 2.80. The Morgan fingerprint density at radius 2 is 1.82 bits per heavy atom. The van der Waals surface area contributed by atoms with E-state index >= 15 is 0 Å². The topological polar surface area (TPSA) is 93.0 Å². The van der Waals surface area contributed by atoms with Crippen LogP contribution in [0.5, 0.6) is 0 Å². The Morgan fingerprint density at radius 3 is 2.55 bits per heavy atom. The van der Waals surface area contributed by atoms with Gasteiger partial charge in [-0.1, -0.05) is 32.0 Å². The van der Waals surface area contributed by atoms with Crippen molar-refractivity contribution in [3.05, 3.63) is 63.7 Å². The third kappa shape index (κ3) is 4.99. The number of nitro benzene ring substituents is 1. The lowest BCUT2D eigenvalue weighted by Gasteiger charge is -2.36. The lowest BCUT2D eigenvalue weighted by molar-refractivity contribution is -0.384. The molecule has 2 aliphatic rings. The van der Waals surface area contributed by atoms with Crippen LogP contribution >= 0.6 is 0 Å². The van der Waals surface area contributed by atoms with Gasteiger partial charge in [0, 0.05) is 31.4 Å². The second kappa shape index (κ2) is 9.60. The van der Waals surface area contributed by atoms with Crippen LogP contribution in [0.15, 0.2) is 42.5 Å². The number of nitrogens with zero attached hydrogens (tertiary/aromatic N) is 3. The molecular formula is C25H29N3O5. The van der Waals surface area contributed by atoms with Crippen molar-refractivity contribution in [3.63, 3.8) is 0 Å². The summed E-state index contributed by atoms with van der Waals surface area (Å²) in [5.74, 6) is -0.186. The van der Waals surface area contributed by atoms with Gasteiger partial charge < -0.3 is 14.5 Å². The number of piperidine rings is 1. The zero-order valence-corrected chi connectivity index (χ0v) is 19.0. The van der Waals surface area contributed by atoms with Gasteiger partial charge in [0.2, 0.25) is 0 Å². The maximum absolute atomic E-state index is 12.7. The predicted molar refractivity (Wildman–Crippen MR) is 126 cm³/mol. The molecule has 2 aliphatic heterocycles. The normalized spacial score (nSPS) is 20.2. The molecule has 0 N–H and O–H groups in total. The Morgan fingerprint density at radius 1 is 1.09 bits per heavy atom. The van der Waals surface area contributed by atoms with E-state index in [1.54, 1.807) is 11.0 Å². The summed E-state index contributed by atoms with van der Waals surface area (Å²) in [5, 5.41) is 11.8. The molecule has 1 amide bonds. The van der Waals surface area contributed by atoms with Crippen molar-refractivity contribution in [1.82, 2.24) is 0 Å². The number of fused-ring (bicyclic) bond motifs is 1. The van der Waals surface area contributed by atoms with Gasteiger partial charge >= 0.3 is 5.97 Å². The van der Waals surface area contributed by atoms with Crippen LogP contribution in [0.3, 0.4) is 0 Å². The van der Waals surface area contributed by atoms with Gasteiger partial charge in [-0.05, 0) is 54.9 Å². The SMILES string of the molecule is CC1CC(C)CN(c2ccc(C(=O)OCC(=O)N3CCCc4ccccc43)cc2[N+](=O)[O-])C1. The molecule has 2 atom stereocenters. The van der Waals surface area contributed by atoms with E-state index in [0.717, 1.165) is 43.6 Å². The number of anilines is 2. The molecule has 8 nitrogen and oxygen atoms in total. The van der Waals surface area contributed by atoms with Crippen molar-refractivity contribution in [2.45, 2.75) is 33.1 Å². The van der Waals surface area contributed by atoms with Crippen LogP contribution < -0.4 is 9.80 Å². The first-order valence-corrected chi connectivity index (χ1v) is 11.4. The molecule has 2 aromatic carbocycles. The predicted octanol–water partition coefficient (Wildman–Crippen LogP) is 4.21. The third-order valence-electron chi connectivity index (χ3n) is 6.36. The molecule has 2 unspecified atom stereocenters. The number of carbonyl (C=O) groups is 2. The molecule has 33 heavy (non-hydrogen) atoms. The van der Waals surface area contributed by atoms with Crippen molar-refractivity contribution in [2.24, 2.45) is 11.8 Å². The molecule has 0 radical (unpaired) electrons. The van der Waals surface area contributed by atoms with E-state index in [1.165, 1.54) is 12.1 Å². The smallest absolute Gasteiger partial charge is 0.338 e.